The molecule has 0 aliphatic rings. The van der Waals surface area contributed by atoms with Crippen LogP contribution in [0.4, 0.5) is 35.1 Å². The molecule has 12 heteroatoms. The maximum absolute atomic E-state index is 14.6. The van der Waals surface area contributed by atoms with Gasteiger partial charge in [0.2, 0.25) is 11.9 Å². The van der Waals surface area contributed by atoms with Crippen LogP contribution in [0.15, 0.2) is 41.3 Å². The SMILES string of the molecule is CC.Nc1nc(Nc2cc(F)c(-c3ccc(S(=O)[O-])cc3)c(C(F)(F)F)c2)n[nH]1. The summed E-state index contributed by atoms with van der Waals surface area (Å²) < 4.78 is 76.8. The van der Waals surface area contributed by atoms with Gasteiger partial charge >= 0.3 is 6.18 Å². The molecule has 0 radical (unpaired) electrons. The Labute approximate surface area is 165 Å². The Morgan fingerprint density at radius 1 is 1.17 bits per heavy atom. The molecule has 1 aromatic heterocycles. The molecule has 4 N–H and O–H groups in total. The van der Waals surface area contributed by atoms with Crippen LogP contribution in [0.2, 0.25) is 0 Å². The highest BCUT2D eigenvalue weighted by Crippen LogP contribution is 2.40. The molecular formula is C17H16F4N5O2S-. The summed E-state index contributed by atoms with van der Waals surface area (Å²) in [7, 11) is 0. The van der Waals surface area contributed by atoms with E-state index in [9.17, 15) is 26.3 Å². The van der Waals surface area contributed by atoms with E-state index in [-0.39, 0.29) is 28.0 Å². The molecule has 0 aliphatic heterocycles. The molecule has 1 atom stereocenters. The van der Waals surface area contributed by atoms with Gasteiger partial charge in [0, 0.05) is 16.1 Å². The van der Waals surface area contributed by atoms with E-state index in [2.05, 4.69) is 20.5 Å². The summed E-state index contributed by atoms with van der Waals surface area (Å²) in [6, 6.07) is 5.91. The van der Waals surface area contributed by atoms with Crippen LogP contribution in [0.5, 0.6) is 0 Å². The van der Waals surface area contributed by atoms with E-state index in [0.717, 1.165) is 30.3 Å². The molecule has 2 aromatic carbocycles. The molecule has 0 saturated carbocycles. The standard InChI is InChI=1S/C15H11F4N5O2S.C2H6/c16-11-6-8(21-14-22-13(20)23-24-14)5-10(15(17,18)19)12(11)7-1-3-9(4-2-7)27(25)26;1-2/h1-6H,(H,25,26)(H4,20,21,22,23,24);1-2H3/p-1. The lowest BCUT2D eigenvalue weighted by Crippen LogP contribution is -2.10. The van der Waals surface area contributed by atoms with Gasteiger partial charge in [-0.15, -0.1) is 5.10 Å². The predicted molar refractivity (Wildman–Crippen MR) is 99.4 cm³/mol. The van der Waals surface area contributed by atoms with Gasteiger partial charge in [0.05, 0.1) is 5.56 Å². The highest BCUT2D eigenvalue weighted by Gasteiger charge is 2.36. The lowest BCUT2D eigenvalue weighted by Gasteiger charge is -2.16. The molecule has 0 aliphatic carbocycles. The number of halogens is 4. The first kappa shape index (κ1) is 22.3. The number of benzene rings is 2. The van der Waals surface area contributed by atoms with Crippen LogP contribution >= 0.6 is 0 Å². The zero-order chi connectivity index (χ0) is 21.8. The largest absolute Gasteiger partial charge is 0.768 e. The van der Waals surface area contributed by atoms with Crippen LogP contribution in [0.25, 0.3) is 11.1 Å². The number of anilines is 3. The van der Waals surface area contributed by atoms with E-state index in [1.165, 1.54) is 0 Å². The van der Waals surface area contributed by atoms with E-state index in [0.29, 0.717) is 6.07 Å². The molecule has 0 bridgehead atoms. The zero-order valence-electron chi connectivity index (χ0n) is 15.2. The Kier molecular flexibility index (Phi) is 6.93. The molecule has 0 spiro atoms. The minimum Gasteiger partial charge on any atom is -0.768 e. The van der Waals surface area contributed by atoms with Crippen molar-refractivity contribution in [1.29, 1.82) is 0 Å². The minimum absolute atomic E-state index is 0.0681. The van der Waals surface area contributed by atoms with Gasteiger partial charge in [-0.1, -0.05) is 26.0 Å². The average molecular weight is 430 g/mol. The third-order valence-corrected chi connectivity index (χ3v) is 4.15. The molecule has 7 nitrogen and oxygen atoms in total. The van der Waals surface area contributed by atoms with Crippen LogP contribution in [0, 0.1) is 5.82 Å². The number of nitrogens with zero attached hydrogens (tertiary/aromatic N) is 2. The number of aromatic amines is 1. The van der Waals surface area contributed by atoms with Gasteiger partial charge in [0.15, 0.2) is 0 Å². The second kappa shape index (κ2) is 9.01. The second-order valence-electron chi connectivity index (χ2n) is 5.31. The van der Waals surface area contributed by atoms with Gasteiger partial charge in [-0.2, -0.15) is 18.2 Å². The summed E-state index contributed by atoms with van der Waals surface area (Å²) in [5, 5.41) is 8.32. The molecule has 29 heavy (non-hydrogen) atoms. The topological polar surface area (TPSA) is 120 Å². The van der Waals surface area contributed by atoms with E-state index in [1.54, 1.807) is 0 Å². The van der Waals surface area contributed by atoms with Gasteiger partial charge in [-0.3, -0.25) is 4.21 Å². The number of alkyl halides is 3. The number of aromatic nitrogens is 3. The highest BCUT2D eigenvalue weighted by atomic mass is 32.2. The van der Waals surface area contributed by atoms with Crippen molar-refractivity contribution in [3.05, 3.63) is 47.8 Å². The normalized spacial score (nSPS) is 12.1. The van der Waals surface area contributed by atoms with Crippen LogP contribution < -0.4 is 11.1 Å². The molecule has 0 amide bonds. The maximum atomic E-state index is 14.6. The summed E-state index contributed by atoms with van der Waals surface area (Å²) in [5.74, 6) is -1.36. The molecule has 1 unspecified atom stereocenters. The van der Waals surface area contributed by atoms with Crippen molar-refractivity contribution in [1.82, 2.24) is 15.2 Å². The zero-order valence-corrected chi connectivity index (χ0v) is 16.0. The van der Waals surface area contributed by atoms with Gasteiger partial charge in [0.25, 0.3) is 0 Å². The van der Waals surface area contributed by atoms with Crippen molar-refractivity contribution < 1.29 is 26.3 Å². The summed E-state index contributed by atoms with van der Waals surface area (Å²) in [4.78, 5) is 3.54. The first-order valence-corrected chi connectivity index (χ1v) is 9.28. The third kappa shape index (κ3) is 5.29. The number of hydrogen-bond acceptors (Lipinski definition) is 6. The molecule has 1 heterocycles. The van der Waals surface area contributed by atoms with Gasteiger partial charge < -0.3 is 15.6 Å². The van der Waals surface area contributed by atoms with Crippen LogP contribution in [-0.2, 0) is 17.3 Å². The minimum atomic E-state index is -4.87. The quantitative estimate of drug-likeness (QED) is 0.421. The van der Waals surface area contributed by atoms with Crippen LogP contribution in [0.3, 0.4) is 0 Å². The van der Waals surface area contributed by atoms with Crippen molar-refractivity contribution in [3.8, 4) is 11.1 Å². The third-order valence-electron chi connectivity index (χ3n) is 3.49. The summed E-state index contributed by atoms with van der Waals surface area (Å²) >= 11 is -2.55. The Bertz CT molecular complexity index is 1010. The maximum Gasteiger partial charge on any atom is 0.417 e. The number of nitrogens with one attached hydrogen (secondary N) is 2. The van der Waals surface area contributed by atoms with Crippen molar-refractivity contribution in [2.45, 2.75) is 24.9 Å². The van der Waals surface area contributed by atoms with Gasteiger partial charge in [-0.25, -0.2) is 9.49 Å². The van der Waals surface area contributed by atoms with E-state index in [4.69, 9.17) is 5.73 Å². The van der Waals surface area contributed by atoms with Crippen molar-refractivity contribution in [3.63, 3.8) is 0 Å². The Balaban J connectivity index is 0.00000145. The summed E-state index contributed by atoms with van der Waals surface area (Å²) in [6.45, 7) is 4.00. The predicted octanol–water partition coefficient (Wildman–Crippen LogP) is 4.22. The van der Waals surface area contributed by atoms with E-state index in [1.807, 2.05) is 13.8 Å². The fraction of sp³-hybridized carbons (Fsp3) is 0.176. The summed E-state index contributed by atoms with van der Waals surface area (Å²) in [5.41, 5.74) is 3.02. The fourth-order valence-electron chi connectivity index (χ4n) is 2.39. The fourth-order valence-corrected chi connectivity index (χ4v) is 2.75. The summed E-state index contributed by atoms with van der Waals surface area (Å²) in [6.07, 6.45) is -4.87. The van der Waals surface area contributed by atoms with E-state index < -0.39 is 34.2 Å². The van der Waals surface area contributed by atoms with Crippen molar-refractivity contribution in [2.24, 2.45) is 0 Å². The van der Waals surface area contributed by atoms with Crippen LogP contribution in [-0.4, -0.2) is 23.9 Å². The molecule has 0 fully saturated rings. The lowest BCUT2D eigenvalue weighted by molar-refractivity contribution is -0.137. The monoisotopic (exact) mass is 430 g/mol. The second-order valence-corrected chi connectivity index (χ2v) is 6.25. The van der Waals surface area contributed by atoms with Gasteiger partial charge in [-0.05, 0) is 40.9 Å². The Hall–Kier alpha value is -2.99. The van der Waals surface area contributed by atoms with Crippen molar-refractivity contribution in [2.75, 3.05) is 11.1 Å². The number of nitrogen functional groups attached to an aromatic ring is 1. The average Bonchev–Trinajstić information content (AvgIpc) is 3.07. The molecule has 3 rings (SSSR count). The smallest absolute Gasteiger partial charge is 0.417 e. The van der Waals surface area contributed by atoms with E-state index >= 15 is 0 Å². The lowest BCUT2D eigenvalue weighted by atomic mass is 9.98. The van der Waals surface area contributed by atoms with Crippen LogP contribution in [0.1, 0.15) is 19.4 Å². The number of rotatable bonds is 4. The first-order valence-electron chi connectivity index (χ1n) is 8.20. The molecule has 3 aromatic rings. The molecule has 0 saturated heterocycles. The highest BCUT2D eigenvalue weighted by molar-refractivity contribution is 7.79. The number of nitrogens with two attached hydrogens (primary N) is 1. The molecular weight excluding hydrogens is 414 g/mol. The van der Waals surface area contributed by atoms with Crippen molar-refractivity contribution >= 4 is 28.7 Å². The first-order chi connectivity index (χ1) is 13.6. The number of hydrogen-bond donors (Lipinski definition) is 3. The number of H-pyrrole nitrogens is 1. The molecule has 156 valence electrons. The Morgan fingerprint density at radius 2 is 1.79 bits per heavy atom. The Morgan fingerprint density at radius 3 is 2.28 bits per heavy atom. The van der Waals surface area contributed by atoms with Gasteiger partial charge in [0.1, 0.15) is 5.82 Å².